The molecule has 2 amide bonds. The summed E-state index contributed by atoms with van der Waals surface area (Å²) in [4.78, 5) is 24.3. The molecule has 0 unspecified atom stereocenters. The second-order valence-corrected chi connectivity index (χ2v) is 6.66. The molecule has 0 spiro atoms. The molecule has 130 valence electrons. The van der Waals surface area contributed by atoms with E-state index in [4.69, 9.17) is 0 Å². The molecule has 0 saturated heterocycles. The lowest BCUT2D eigenvalue weighted by atomic mass is 10.1. The minimum Gasteiger partial charge on any atom is -0.326 e. The van der Waals surface area contributed by atoms with Crippen LogP contribution in [0.1, 0.15) is 15.9 Å². The van der Waals surface area contributed by atoms with Gasteiger partial charge < -0.3 is 10.6 Å². The molecule has 26 heavy (non-hydrogen) atoms. The molecule has 0 aromatic heterocycles. The molecular weight excluding hydrogens is 392 g/mol. The largest absolute Gasteiger partial charge is 0.326 e. The molecule has 5 heteroatoms. The summed E-state index contributed by atoms with van der Waals surface area (Å²) in [5, 5.41) is 5.69. The second kappa shape index (κ2) is 8.45. The van der Waals surface area contributed by atoms with Gasteiger partial charge in [-0.3, -0.25) is 9.59 Å². The maximum atomic E-state index is 12.2. The number of carbonyl (C=O) groups excluding carboxylic acids is 2. The fraction of sp³-hybridized carbons (Fsp3) is 0.0476. The van der Waals surface area contributed by atoms with E-state index in [0.29, 0.717) is 11.3 Å². The number of rotatable bonds is 5. The van der Waals surface area contributed by atoms with Crippen LogP contribution in [0.25, 0.3) is 0 Å². The van der Waals surface area contributed by atoms with Gasteiger partial charge in [-0.1, -0.05) is 46.3 Å². The maximum absolute atomic E-state index is 12.2. The van der Waals surface area contributed by atoms with Crippen LogP contribution in [-0.2, 0) is 11.2 Å². The van der Waals surface area contributed by atoms with Crippen LogP contribution in [0.4, 0.5) is 11.4 Å². The molecule has 3 aromatic carbocycles. The van der Waals surface area contributed by atoms with Crippen molar-refractivity contribution in [1.29, 1.82) is 0 Å². The van der Waals surface area contributed by atoms with Gasteiger partial charge in [-0.15, -0.1) is 0 Å². The highest BCUT2D eigenvalue weighted by Crippen LogP contribution is 2.15. The van der Waals surface area contributed by atoms with Gasteiger partial charge in [-0.25, -0.2) is 0 Å². The molecule has 0 saturated carbocycles. The third-order valence-electron chi connectivity index (χ3n) is 3.74. The third-order valence-corrected chi connectivity index (χ3v) is 4.27. The van der Waals surface area contributed by atoms with Gasteiger partial charge in [0, 0.05) is 21.4 Å². The first-order chi connectivity index (χ1) is 12.6. The number of halogens is 1. The first-order valence-corrected chi connectivity index (χ1v) is 8.90. The Labute approximate surface area is 160 Å². The van der Waals surface area contributed by atoms with Crippen LogP contribution in [0.5, 0.6) is 0 Å². The van der Waals surface area contributed by atoms with Crippen LogP contribution in [0.2, 0.25) is 0 Å². The Kier molecular flexibility index (Phi) is 5.81. The van der Waals surface area contributed by atoms with E-state index in [0.717, 1.165) is 15.7 Å². The summed E-state index contributed by atoms with van der Waals surface area (Å²) >= 11 is 3.35. The standard InChI is InChI=1S/C21H17BrN2O2/c22-17-10-8-16(9-11-17)21(26)24-19-12-6-15(7-13-19)14-20(25)23-18-4-2-1-3-5-18/h1-13H,14H2,(H,23,25)(H,24,26). The zero-order valence-corrected chi connectivity index (χ0v) is 15.5. The predicted octanol–water partition coefficient (Wildman–Crippen LogP) is 4.88. The molecule has 0 radical (unpaired) electrons. The van der Waals surface area contributed by atoms with E-state index in [2.05, 4.69) is 26.6 Å². The van der Waals surface area contributed by atoms with Gasteiger partial charge in [0.2, 0.25) is 5.91 Å². The fourth-order valence-electron chi connectivity index (χ4n) is 2.42. The number of anilines is 2. The van der Waals surface area contributed by atoms with E-state index in [1.54, 1.807) is 24.3 Å². The first kappa shape index (κ1) is 17.9. The number of hydrogen-bond acceptors (Lipinski definition) is 2. The van der Waals surface area contributed by atoms with Crippen molar-refractivity contribution in [2.45, 2.75) is 6.42 Å². The van der Waals surface area contributed by atoms with Crippen molar-refractivity contribution in [2.24, 2.45) is 0 Å². The van der Waals surface area contributed by atoms with Gasteiger partial charge in [0.15, 0.2) is 0 Å². The molecule has 0 atom stereocenters. The summed E-state index contributed by atoms with van der Waals surface area (Å²) in [5.41, 5.74) is 2.92. The lowest BCUT2D eigenvalue weighted by Crippen LogP contribution is -2.14. The highest BCUT2D eigenvalue weighted by Gasteiger charge is 2.07. The molecular formula is C21H17BrN2O2. The zero-order valence-electron chi connectivity index (χ0n) is 13.9. The van der Waals surface area contributed by atoms with Crippen LogP contribution in [0.3, 0.4) is 0 Å². The Bertz CT molecular complexity index is 892. The first-order valence-electron chi connectivity index (χ1n) is 8.11. The molecule has 0 fully saturated rings. The van der Waals surface area contributed by atoms with Gasteiger partial charge in [-0.2, -0.15) is 0 Å². The minimum absolute atomic E-state index is 0.0807. The lowest BCUT2D eigenvalue weighted by molar-refractivity contribution is -0.115. The fourth-order valence-corrected chi connectivity index (χ4v) is 2.69. The van der Waals surface area contributed by atoms with Gasteiger partial charge in [-0.05, 0) is 54.1 Å². The van der Waals surface area contributed by atoms with Crippen molar-refractivity contribution >= 4 is 39.1 Å². The number of amides is 2. The van der Waals surface area contributed by atoms with Crippen molar-refractivity contribution in [3.8, 4) is 0 Å². The summed E-state index contributed by atoms with van der Waals surface area (Å²) in [7, 11) is 0. The number of carbonyl (C=O) groups is 2. The van der Waals surface area contributed by atoms with Gasteiger partial charge in [0.25, 0.3) is 5.91 Å². The molecule has 0 bridgehead atoms. The van der Waals surface area contributed by atoms with Crippen LogP contribution < -0.4 is 10.6 Å². The van der Waals surface area contributed by atoms with Crippen molar-refractivity contribution < 1.29 is 9.59 Å². The van der Waals surface area contributed by atoms with Crippen LogP contribution in [0.15, 0.2) is 83.3 Å². The van der Waals surface area contributed by atoms with Gasteiger partial charge in [0.1, 0.15) is 0 Å². The summed E-state index contributed by atoms with van der Waals surface area (Å²) in [5.74, 6) is -0.255. The lowest BCUT2D eigenvalue weighted by Gasteiger charge is -2.08. The molecule has 3 aromatic rings. The smallest absolute Gasteiger partial charge is 0.255 e. The normalized spacial score (nSPS) is 10.2. The van der Waals surface area contributed by atoms with E-state index in [9.17, 15) is 9.59 Å². The van der Waals surface area contributed by atoms with Gasteiger partial charge >= 0.3 is 0 Å². The zero-order chi connectivity index (χ0) is 18.4. The number of para-hydroxylation sites is 1. The van der Waals surface area contributed by atoms with Crippen molar-refractivity contribution in [3.63, 3.8) is 0 Å². The van der Waals surface area contributed by atoms with Crippen LogP contribution in [0, 0.1) is 0 Å². The third kappa shape index (κ3) is 5.04. The molecule has 4 nitrogen and oxygen atoms in total. The summed E-state index contributed by atoms with van der Waals surface area (Å²) in [6.07, 6.45) is 0.274. The van der Waals surface area contributed by atoms with E-state index in [1.807, 2.05) is 54.6 Å². The summed E-state index contributed by atoms with van der Waals surface area (Å²) in [6, 6.07) is 23.7. The highest BCUT2D eigenvalue weighted by atomic mass is 79.9. The molecule has 0 aliphatic heterocycles. The summed E-state index contributed by atoms with van der Waals surface area (Å²) in [6.45, 7) is 0. The maximum Gasteiger partial charge on any atom is 0.255 e. The minimum atomic E-state index is -0.174. The van der Waals surface area contributed by atoms with E-state index >= 15 is 0 Å². The monoisotopic (exact) mass is 408 g/mol. The van der Waals surface area contributed by atoms with E-state index in [-0.39, 0.29) is 18.2 Å². The Balaban J connectivity index is 1.57. The quantitative estimate of drug-likeness (QED) is 0.631. The molecule has 0 aliphatic carbocycles. The predicted molar refractivity (Wildman–Crippen MR) is 107 cm³/mol. The second-order valence-electron chi connectivity index (χ2n) is 5.75. The van der Waals surface area contributed by atoms with Crippen molar-refractivity contribution in [1.82, 2.24) is 0 Å². The van der Waals surface area contributed by atoms with Crippen molar-refractivity contribution in [3.05, 3.63) is 94.5 Å². The Hall–Kier alpha value is -2.92. The average molecular weight is 409 g/mol. The van der Waals surface area contributed by atoms with Crippen LogP contribution >= 0.6 is 15.9 Å². The van der Waals surface area contributed by atoms with E-state index in [1.165, 1.54) is 0 Å². The Morgan fingerprint density at radius 2 is 1.35 bits per heavy atom. The van der Waals surface area contributed by atoms with Crippen LogP contribution in [-0.4, -0.2) is 11.8 Å². The van der Waals surface area contributed by atoms with Crippen molar-refractivity contribution in [2.75, 3.05) is 10.6 Å². The SMILES string of the molecule is O=C(Cc1ccc(NC(=O)c2ccc(Br)cc2)cc1)Nc1ccccc1. The number of hydrogen-bond donors (Lipinski definition) is 2. The highest BCUT2D eigenvalue weighted by molar-refractivity contribution is 9.10. The van der Waals surface area contributed by atoms with E-state index < -0.39 is 0 Å². The summed E-state index contributed by atoms with van der Waals surface area (Å²) < 4.78 is 0.923. The Morgan fingerprint density at radius 1 is 0.731 bits per heavy atom. The topological polar surface area (TPSA) is 58.2 Å². The average Bonchev–Trinajstić information content (AvgIpc) is 2.64. The number of nitrogens with one attached hydrogen (secondary N) is 2. The molecule has 0 aliphatic rings. The molecule has 0 heterocycles. The molecule has 3 rings (SSSR count). The van der Waals surface area contributed by atoms with Gasteiger partial charge in [0.05, 0.1) is 6.42 Å². The Morgan fingerprint density at radius 3 is 2.00 bits per heavy atom. The molecule has 2 N–H and O–H groups in total. The number of benzene rings is 3.